The summed E-state index contributed by atoms with van der Waals surface area (Å²) < 4.78 is 0. The third-order valence-corrected chi connectivity index (χ3v) is 0.167. The van der Waals surface area contributed by atoms with E-state index in [0.717, 1.165) is 0 Å². The molecule has 6 heavy (non-hydrogen) atoms. The monoisotopic (exact) mass is 133 g/mol. The van der Waals surface area contributed by atoms with Crippen LogP contribution in [0.3, 0.4) is 0 Å². The zero-order valence-corrected chi connectivity index (χ0v) is 4.73. The topological polar surface area (TPSA) is 87.0 Å². The second kappa shape index (κ2) is 18.2. The smallest absolute Gasteiger partial charge is 0.344 e. The second-order valence-corrected chi connectivity index (χ2v) is 0.577. The summed E-state index contributed by atoms with van der Waals surface area (Å²) in [7, 11) is 0. The summed E-state index contributed by atoms with van der Waals surface area (Å²) >= 11 is 0. The standard InChI is InChI=1S/C2H8N2.Fe.H3N/c3-1-2-4;;/h1-4H2;;1H3/q;+2;. The Bertz CT molecular complexity index is 10.8. The van der Waals surface area contributed by atoms with Crippen molar-refractivity contribution in [3.8, 4) is 0 Å². The van der Waals surface area contributed by atoms with E-state index in [4.69, 9.17) is 11.5 Å². The second-order valence-electron chi connectivity index (χ2n) is 0.577. The normalized spacial score (nSPS) is 5.00. The quantitative estimate of drug-likeness (QED) is 0.403. The van der Waals surface area contributed by atoms with E-state index in [0.29, 0.717) is 13.1 Å². The van der Waals surface area contributed by atoms with Crippen LogP contribution in [0.5, 0.6) is 0 Å². The molecular formula is C2H11FeN3+2. The van der Waals surface area contributed by atoms with Gasteiger partial charge in [-0.15, -0.1) is 0 Å². The fourth-order valence-electron chi connectivity index (χ4n) is 0. The van der Waals surface area contributed by atoms with Crippen LogP contribution in [0.25, 0.3) is 0 Å². The van der Waals surface area contributed by atoms with Crippen LogP contribution in [-0.2, 0) is 17.1 Å². The van der Waals surface area contributed by atoms with Crippen molar-refractivity contribution in [3.05, 3.63) is 0 Å². The van der Waals surface area contributed by atoms with Gasteiger partial charge in [-0.25, -0.2) is 0 Å². The summed E-state index contributed by atoms with van der Waals surface area (Å²) in [5.41, 5.74) is 9.81. The first-order valence-electron chi connectivity index (χ1n) is 1.32. The first-order chi connectivity index (χ1) is 1.91. The molecule has 0 radical (unpaired) electrons. The van der Waals surface area contributed by atoms with E-state index in [9.17, 15) is 0 Å². The molecule has 0 aromatic carbocycles. The van der Waals surface area contributed by atoms with E-state index in [2.05, 4.69) is 0 Å². The number of rotatable bonds is 1. The molecule has 0 rings (SSSR count). The summed E-state index contributed by atoms with van der Waals surface area (Å²) in [5.74, 6) is 0. The van der Waals surface area contributed by atoms with Gasteiger partial charge < -0.3 is 17.6 Å². The molecule has 0 aliphatic carbocycles. The van der Waals surface area contributed by atoms with Gasteiger partial charge in [-0.1, -0.05) is 0 Å². The van der Waals surface area contributed by atoms with Gasteiger partial charge in [0.25, 0.3) is 0 Å². The average molecular weight is 133 g/mol. The Morgan fingerprint density at radius 1 is 1.00 bits per heavy atom. The van der Waals surface area contributed by atoms with Gasteiger partial charge in [0.05, 0.1) is 0 Å². The molecule has 0 aliphatic heterocycles. The van der Waals surface area contributed by atoms with Crippen LogP contribution >= 0.6 is 0 Å². The summed E-state index contributed by atoms with van der Waals surface area (Å²) in [6, 6.07) is 0. The van der Waals surface area contributed by atoms with Crippen LogP contribution in [0.15, 0.2) is 0 Å². The van der Waals surface area contributed by atoms with Crippen LogP contribution in [0.2, 0.25) is 0 Å². The van der Waals surface area contributed by atoms with Crippen molar-refractivity contribution in [2.75, 3.05) is 13.1 Å². The molecule has 0 aromatic heterocycles. The zero-order chi connectivity index (χ0) is 3.41. The van der Waals surface area contributed by atoms with E-state index in [1.807, 2.05) is 0 Å². The molecule has 0 saturated heterocycles. The summed E-state index contributed by atoms with van der Waals surface area (Å²) in [6.07, 6.45) is 0. The van der Waals surface area contributed by atoms with E-state index in [1.54, 1.807) is 0 Å². The van der Waals surface area contributed by atoms with E-state index in [1.165, 1.54) is 0 Å². The van der Waals surface area contributed by atoms with Crippen molar-refractivity contribution < 1.29 is 17.1 Å². The van der Waals surface area contributed by atoms with Gasteiger partial charge in [0.15, 0.2) is 0 Å². The third kappa shape index (κ3) is 26.0. The van der Waals surface area contributed by atoms with Crippen molar-refractivity contribution in [1.29, 1.82) is 0 Å². The molecule has 4 heteroatoms. The largest absolute Gasteiger partial charge is 2.00 e. The van der Waals surface area contributed by atoms with Gasteiger partial charge in [0.1, 0.15) is 0 Å². The van der Waals surface area contributed by atoms with Gasteiger partial charge in [-0.2, -0.15) is 0 Å². The fraction of sp³-hybridized carbons (Fsp3) is 1.00. The zero-order valence-electron chi connectivity index (χ0n) is 3.63. The number of nitrogens with two attached hydrogens (primary N) is 2. The minimum absolute atomic E-state index is 0. The summed E-state index contributed by atoms with van der Waals surface area (Å²) in [4.78, 5) is 0. The molecule has 0 atom stereocenters. The third-order valence-electron chi connectivity index (χ3n) is 0.167. The maximum atomic E-state index is 4.90. The molecular weight excluding hydrogens is 122 g/mol. The van der Waals surface area contributed by atoms with Crippen molar-refractivity contribution in [2.45, 2.75) is 0 Å². The Kier molecular flexibility index (Phi) is 48.8. The van der Waals surface area contributed by atoms with E-state index < -0.39 is 0 Å². The van der Waals surface area contributed by atoms with Crippen molar-refractivity contribution in [2.24, 2.45) is 11.5 Å². The van der Waals surface area contributed by atoms with Gasteiger partial charge >= 0.3 is 17.1 Å². The SMILES string of the molecule is N.NCCN.[Fe+2]. The minimum Gasteiger partial charge on any atom is -0.344 e. The molecule has 0 unspecified atom stereocenters. The fourth-order valence-corrected chi connectivity index (χ4v) is 0. The summed E-state index contributed by atoms with van der Waals surface area (Å²) in [5, 5.41) is 0. The van der Waals surface area contributed by atoms with E-state index >= 15 is 0 Å². The maximum absolute atomic E-state index is 4.90. The predicted octanol–water partition coefficient (Wildman–Crippen LogP) is -0.937. The predicted molar refractivity (Wildman–Crippen MR) is 23.1 cm³/mol. The molecule has 0 fully saturated rings. The number of hydrogen-bond donors (Lipinski definition) is 3. The Labute approximate surface area is 48.5 Å². The van der Waals surface area contributed by atoms with Gasteiger partial charge in [0.2, 0.25) is 0 Å². The van der Waals surface area contributed by atoms with E-state index in [-0.39, 0.29) is 23.2 Å². The van der Waals surface area contributed by atoms with Gasteiger partial charge in [-0.05, 0) is 0 Å². The Morgan fingerprint density at radius 3 is 1.17 bits per heavy atom. The van der Waals surface area contributed by atoms with Crippen LogP contribution in [-0.4, -0.2) is 13.1 Å². The molecule has 0 aliphatic rings. The van der Waals surface area contributed by atoms with Crippen molar-refractivity contribution in [3.63, 3.8) is 0 Å². The Hall–Kier alpha value is 0.399. The first-order valence-corrected chi connectivity index (χ1v) is 1.32. The molecule has 7 N–H and O–H groups in total. The molecule has 0 heterocycles. The molecule has 3 nitrogen and oxygen atoms in total. The van der Waals surface area contributed by atoms with Gasteiger partial charge in [0, 0.05) is 13.1 Å². The Balaban J connectivity index is -0.0000000450. The molecule has 0 aromatic rings. The van der Waals surface area contributed by atoms with Crippen LogP contribution in [0, 0.1) is 0 Å². The molecule has 0 saturated carbocycles. The maximum Gasteiger partial charge on any atom is 2.00 e. The molecule has 0 spiro atoms. The number of hydrogen-bond acceptors (Lipinski definition) is 3. The Morgan fingerprint density at radius 2 is 1.17 bits per heavy atom. The summed E-state index contributed by atoms with van der Waals surface area (Å²) in [6.45, 7) is 1.19. The molecule has 40 valence electrons. The first kappa shape index (κ1) is 16.1. The average Bonchev–Trinajstić information content (AvgIpc) is 1.37. The van der Waals surface area contributed by atoms with Crippen molar-refractivity contribution >= 4 is 0 Å². The van der Waals surface area contributed by atoms with Crippen molar-refractivity contribution in [1.82, 2.24) is 6.15 Å². The van der Waals surface area contributed by atoms with Crippen LogP contribution < -0.4 is 17.6 Å². The van der Waals surface area contributed by atoms with Crippen LogP contribution in [0.1, 0.15) is 0 Å². The molecule has 0 amide bonds. The van der Waals surface area contributed by atoms with Gasteiger partial charge in [-0.3, -0.25) is 0 Å². The van der Waals surface area contributed by atoms with Crippen LogP contribution in [0.4, 0.5) is 0 Å². The minimum atomic E-state index is 0. The molecule has 0 bridgehead atoms.